The van der Waals surface area contributed by atoms with Gasteiger partial charge in [0.25, 0.3) is 5.69 Å². The number of hydrogen-bond acceptors (Lipinski definition) is 4. The van der Waals surface area contributed by atoms with Crippen LogP contribution in [0.25, 0.3) is 0 Å². The number of halogens is 1. The molecule has 0 heterocycles. The summed E-state index contributed by atoms with van der Waals surface area (Å²) in [5, 5.41) is 11.0. The number of hydrogen-bond donors (Lipinski definition) is 1. The topological polar surface area (TPSA) is 89.3 Å². The number of sulfonamides is 1. The third-order valence-electron chi connectivity index (χ3n) is 3.10. The van der Waals surface area contributed by atoms with Crippen molar-refractivity contribution in [2.45, 2.75) is 44.6 Å². The van der Waals surface area contributed by atoms with E-state index in [1.54, 1.807) is 0 Å². The summed E-state index contributed by atoms with van der Waals surface area (Å²) in [4.78, 5) is 10.1. The molecule has 0 bridgehead atoms. The molecule has 0 aliphatic rings. The molecule has 0 unspecified atom stereocenters. The van der Waals surface area contributed by atoms with E-state index in [0.717, 1.165) is 6.07 Å². The molecule has 0 atom stereocenters. The lowest BCUT2D eigenvalue weighted by Gasteiger charge is -2.15. The molecule has 112 valence electrons. The van der Waals surface area contributed by atoms with Gasteiger partial charge < -0.3 is 0 Å². The van der Waals surface area contributed by atoms with Gasteiger partial charge >= 0.3 is 0 Å². The predicted molar refractivity (Wildman–Crippen MR) is 77.5 cm³/mol. The Morgan fingerprint density at radius 1 is 1.35 bits per heavy atom. The standard InChI is InChI=1S/C12H17ClN2O4S/c1-4-9(5-2)14-20(18,19)10-6-11(13)8(3)12(7-10)15(16)17/h6-7,9,14H,4-5H2,1-3H3. The summed E-state index contributed by atoms with van der Waals surface area (Å²) in [6, 6.07) is 2.06. The molecule has 1 aromatic rings. The summed E-state index contributed by atoms with van der Waals surface area (Å²) in [6.45, 7) is 5.20. The molecular formula is C12H17ClN2O4S. The minimum Gasteiger partial charge on any atom is -0.258 e. The Kier molecular flexibility index (Phi) is 5.50. The second-order valence-corrected chi connectivity index (χ2v) is 6.56. The van der Waals surface area contributed by atoms with Crippen LogP contribution in [0.5, 0.6) is 0 Å². The normalized spacial score (nSPS) is 11.8. The summed E-state index contributed by atoms with van der Waals surface area (Å²) in [7, 11) is -3.82. The van der Waals surface area contributed by atoms with Crippen LogP contribution in [-0.4, -0.2) is 19.4 Å². The molecule has 0 spiro atoms. The fourth-order valence-corrected chi connectivity index (χ4v) is 3.45. The minimum absolute atomic E-state index is 0.0594. The molecular weight excluding hydrogens is 304 g/mol. The van der Waals surface area contributed by atoms with Crippen molar-refractivity contribution in [2.24, 2.45) is 0 Å². The zero-order valence-corrected chi connectivity index (χ0v) is 13.1. The van der Waals surface area contributed by atoms with E-state index < -0.39 is 14.9 Å². The highest BCUT2D eigenvalue weighted by Gasteiger charge is 2.24. The summed E-state index contributed by atoms with van der Waals surface area (Å²) < 4.78 is 26.9. The largest absolute Gasteiger partial charge is 0.275 e. The maximum absolute atomic E-state index is 12.2. The van der Waals surface area contributed by atoms with Crippen LogP contribution in [0.1, 0.15) is 32.3 Å². The van der Waals surface area contributed by atoms with E-state index in [-0.39, 0.29) is 27.2 Å². The summed E-state index contributed by atoms with van der Waals surface area (Å²) in [5.41, 5.74) is -0.0550. The minimum atomic E-state index is -3.82. The van der Waals surface area contributed by atoms with Crippen molar-refractivity contribution in [1.29, 1.82) is 0 Å². The molecule has 6 nitrogen and oxygen atoms in total. The molecule has 0 aromatic heterocycles. The van der Waals surface area contributed by atoms with E-state index in [9.17, 15) is 18.5 Å². The van der Waals surface area contributed by atoms with Crippen molar-refractivity contribution in [2.75, 3.05) is 0 Å². The fraction of sp³-hybridized carbons (Fsp3) is 0.500. The number of nitrogens with one attached hydrogen (secondary N) is 1. The number of benzene rings is 1. The molecule has 0 amide bonds. The van der Waals surface area contributed by atoms with Crippen LogP contribution >= 0.6 is 11.6 Å². The van der Waals surface area contributed by atoms with Gasteiger partial charge in [-0.3, -0.25) is 10.1 Å². The number of nitro groups is 1. The van der Waals surface area contributed by atoms with Gasteiger partial charge in [-0.1, -0.05) is 25.4 Å². The van der Waals surface area contributed by atoms with Crippen molar-refractivity contribution >= 4 is 27.3 Å². The lowest BCUT2D eigenvalue weighted by atomic mass is 10.2. The first kappa shape index (κ1) is 16.9. The van der Waals surface area contributed by atoms with Gasteiger partial charge in [-0.15, -0.1) is 0 Å². The molecule has 0 radical (unpaired) electrons. The van der Waals surface area contributed by atoms with E-state index in [2.05, 4.69) is 4.72 Å². The highest BCUT2D eigenvalue weighted by atomic mass is 35.5. The molecule has 0 saturated heterocycles. The van der Waals surface area contributed by atoms with Crippen molar-refractivity contribution in [3.05, 3.63) is 32.8 Å². The molecule has 0 aliphatic carbocycles. The van der Waals surface area contributed by atoms with Crippen LogP contribution in [0, 0.1) is 17.0 Å². The second kappa shape index (κ2) is 6.51. The van der Waals surface area contributed by atoms with Crippen LogP contribution in [0.4, 0.5) is 5.69 Å². The molecule has 8 heteroatoms. The quantitative estimate of drug-likeness (QED) is 0.644. The lowest BCUT2D eigenvalue weighted by molar-refractivity contribution is -0.385. The number of rotatable bonds is 6. The Morgan fingerprint density at radius 2 is 1.90 bits per heavy atom. The van der Waals surface area contributed by atoms with Crippen LogP contribution < -0.4 is 4.72 Å². The second-order valence-electron chi connectivity index (χ2n) is 4.44. The summed E-state index contributed by atoms with van der Waals surface area (Å²) in [5.74, 6) is 0. The Hall–Kier alpha value is -1.18. The summed E-state index contributed by atoms with van der Waals surface area (Å²) in [6.07, 6.45) is 1.27. The van der Waals surface area contributed by atoms with Gasteiger partial charge in [0.2, 0.25) is 10.0 Å². The van der Waals surface area contributed by atoms with Gasteiger partial charge in [0.05, 0.1) is 14.8 Å². The SMILES string of the molecule is CCC(CC)NS(=O)(=O)c1cc(Cl)c(C)c([N+](=O)[O-])c1. The maximum atomic E-state index is 12.2. The van der Waals surface area contributed by atoms with Gasteiger partial charge in [-0.25, -0.2) is 13.1 Å². The molecule has 20 heavy (non-hydrogen) atoms. The Balaban J connectivity index is 3.29. The zero-order valence-electron chi connectivity index (χ0n) is 11.5. The molecule has 1 aromatic carbocycles. The summed E-state index contributed by atoms with van der Waals surface area (Å²) >= 11 is 5.88. The first-order valence-electron chi connectivity index (χ1n) is 6.19. The average molecular weight is 321 g/mol. The number of nitro benzene ring substituents is 1. The van der Waals surface area contributed by atoms with E-state index in [4.69, 9.17) is 11.6 Å². The van der Waals surface area contributed by atoms with Crippen LogP contribution in [-0.2, 0) is 10.0 Å². The van der Waals surface area contributed by atoms with E-state index in [0.29, 0.717) is 12.8 Å². The molecule has 0 saturated carbocycles. The van der Waals surface area contributed by atoms with Gasteiger partial charge in [-0.2, -0.15) is 0 Å². The van der Waals surface area contributed by atoms with E-state index in [1.165, 1.54) is 13.0 Å². The van der Waals surface area contributed by atoms with Crippen LogP contribution in [0.3, 0.4) is 0 Å². The Bertz CT molecular complexity index is 612. The first-order valence-corrected chi connectivity index (χ1v) is 8.05. The van der Waals surface area contributed by atoms with Crippen molar-refractivity contribution in [3.63, 3.8) is 0 Å². The molecule has 0 fully saturated rings. The van der Waals surface area contributed by atoms with Crippen LogP contribution in [0.2, 0.25) is 5.02 Å². The highest BCUT2D eigenvalue weighted by molar-refractivity contribution is 7.89. The number of nitrogens with zero attached hydrogens (tertiary/aromatic N) is 1. The van der Waals surface area contributed by atoms with E-state index in [1.807, 2.05) is 13.8 Å². The van der Waals surface area contributed by atoms with Gasteiger partial charge in [-0.05, 0) is 25.8 Å². The van der Waals surface area contributed by atoms with Gasteiger partial charge in [0, 0.05) is 17.7 Å². The maximum Gasteiger partial charge on any atom is 0.275 e. The van der Waals surface area contributed by atoms with Gasteiger partial charge in [0.1, 0.15) is 0 Å². The van der Waals surface area contributed by atoms with Crippen LogP contribution in [0.15, 0.2) is 17.0 Å². The monoisotopic (exact) mass is 320 g/mol. The average Bonchev–Trinajstić information content (AvgIpc) is 2.38. The van der Waals surface area contributed by atoms with Crippen molar-refractivity contribution in [3.8, 4) is 0 Å². The van der Waals surface area contributed by atoms with Gasteiger partial charge in [0.15, 0.2) is 0 Å². The smallest absolute Gasteiger partial charge is 0.258 e. The molecule has 1 rings (SSSR count). The van der Waals surface area contributed by atoms with Crippen molar-refractivity contribution < 1.29 is 13.3 Å². The Labute approximate surface area is 123 Å². The predicted octanol–water partition coefficient (Wildman–Crippen LogP) is 3.02. The fourth-order valence-electron chi connectivity index (χ4n) is 1.73. The lowest BCUT2D eigenvalue weighted by Crippen LogP contribution is -2.33. The molecule has 1 N–H and O–H groups in total. The zero-order chi connectivity index (χ0) is 15.5. The Morgan fingerprint density at radius 3 is 2.35 bits per heavy atom. The highest BCUT2D eigenvalue weighted by Crippen LogP contribution is 2.29. The first-order chi connectivity index (χ1) is 9.22. The third-order valence-corrected chi connectivity index (χ3v) is 5.00. The van der Waals surface area contributed by atoms with E-state index >= 15 is 0 Å². The van der Waals surface area contributed by atoms with Crippen molar-refractivity contribution in [1.82, 2.24) is 4.72 Å². The molecule has 0 aliphatic heterocycles. The third kappa shape index (κ3) is 3.68.